The quantitative estimate of drug-likeness (QED) is 0.300. The molecule has 0 atom stereocenters. The Labute approximate surface area is 205 Å². The summed E-state index contributed by atoms with van der Waals surface area (Å²) < 4.78 is 6.03. The minimum atomic E-state index is -0.619. The summed E-state index contributed by atoms with van der Waals surface area (Å²) in [5.41, 5.74) is 5.64. The van der Waals surface area contributed by atoms with Crippen molar-refractivity contribution >= 4 is 11.1 Å². The van der Waals surface area contributed by atoms with Gasteiger partial charge in [-0.3, -0.25) is 0 Å². The van der Waals surface area contributed by atoms with E-state index in [9.17, 15) is 5.11 Å². The maximum absolute atomic E-state index is 10.6. The highest BCUT2D eigenvalue weighted by molar-refractivity contribution is 5.98. The van der Waals surface area contributed by atoms with Crippen LogP contribution in [0.3, 0.4) is 0 Å². The van der Waals surface area contributed by atoms with Gasteiger partial charge in [0.1, 0.15) is 12.4 Å². The summed E-state index contributed by atoms with van der Waals surface area (Å²) >= 11 is 0. The molecule has 3 aromatic carbocycles. The zero-order valence-corrected chi connectivity index (χ0v) is 21.1. The van der Waals surface area contributed by atoms with Gasteiger partial charge < -0.3 is 14.7 Å². The molecule has 3 nitrogen and oxygen atoms in total. The van der Waals surface area contributed by atoms with Crippen molar-refractivity contribution in [2.45, 2.75) is 45.6 Å². The first-order valence-electron chi connectivity index (χ1n) is 12.5. The maximum Gasteiger partial charge on any atom is 0.119 e. The van der Waals surface area contributed by atoms with Gasteiger partial charge in [-0.15, -0.1) is 0 Å². The number of hydrogen-bond donors (Lipinski definition) is 1. The van der Waals surface area contributed by atoms with Gasteiger partial charge in [0.25, 0.3) is 0 Å². The Bertz CT molecular complexity index is 1020. The molecule has 180 valence electrons. The van der Waals surface area contributed by atoms with Crippen molar-refractivity contribution < 1.29 is 9.84 Å². The Morgan fingerprint density at radius 1 is 0.765 bits per heavy atom. The Kier molecular flexibility index (Phi) is 9.50. The van der Waals surface area contributed by atoms with Crippen LogP contribution in [-0.2, 0) is 0 Å². The molecular formula is C31H39NO2. The summed E-state index contributed by atoms with van der Waals surface area (Å²) in [6.07, 6.45) is 2.47. The fourth-order valence-corrected chi connectivity index (χ4v) is 4.38. The monoisotopic (exact) mass is 457 g/mol. The van der Waals surface area contributed by atoms with Crippen LogP contribution in [0.25, 0.3) is 11.1 Å². The van der Waals surface area contributed by atoms with Gasteiger partial charge in [0.05, 0.1) is 5.60 Å². The number of rotatable bonds is 12. The summed E-state index contributed by atoms with van der Waals surface area (Å²) in [5, 5.41) is 10.6. The average molecular weight is 458 g/mol. The fourth-order valence-electron chi connectivity index (χ4n) is 4.38. The number of hydrogen-bond acceptors (Lipinski definition) is 3. The zero-order chi connectivity index (χ0) is 24.4. The third-order valence-corrected chi connectivity index (χ3v) is 6.61. The lowest BCUT2D eigenvalue weighted by atomic mass is 9.88. The van der Waals surface area contributed by atoms with E-state index in [-0.39, 0.29) is 0 Å². The molecule has 0 radical (unpaired) electrons. The number of ether oxygens (including phenoxy) is 1. The van der Waals surface area contributed by atoms with Crippen molar-refractivity contribution in [3.05, 3.63) is 102 Å². The van der Waals surface area contributed by atoms with Gasteiger partial charge in [-0.25, -0.2) is 0 Å². The lowest BCUT2D eigenvalue weighted by molar-refractivity contribution is 0.000897. The van der Waals surface area contributed by atoms with E-state index in [1.807, 2.05) is 20.9 Å². The zero-order valence-electron chi connectivity index (χ0n) is 21.1. The molecule has 0 bridgehead atoms. The van der Waals surface area contributed by atoms with Crippen LogP contribution >= 0.6 is 0 Å². The van der Waals surface area contributed by atoms with E-state index in [0.717, 1.165) is 31.6 Å². The largest absolute Gasteiger partial charge is 0.492 e. The molecule has 34 heavy (non-hydrogen) atoms. The summed E-state index contributed by atoms with van der Waals surface area (Å²) in [4.78, 5) is 2.14. The van der Waals surface area contributed by atoms with Gasteiger partial charge in [-0.05, 0) is 66.3 Å². The molecular weight excluding hydrogens is 418 g/mol. The number of allylic oxidation sites excluding steroid dienone is 1. The number of benzene rings is 3. The topological polar surface area (TPSA) is 32.7 Å². The minimum Gasteiger partial charge on any atom is -0.492 e. The van der Waals surface area contributed by atoms with Crippen LogP contribution in [-0.4, -0.2) is 42.4 Å². The van der Waals surface area contributed by atoms with Crippen LogP contribution in [0.1, 0.15) is 56.7 Å². The van der Waals surface area contributed by atoms with Crippen LogP contribution in [0, 0.1) is 0 Å². The van der Waals surface area contributed by atoms with Crippen molar-refractivity contribution in [3.63, 3.8) is 0 Å². The average Bonchev–Trinajstić information content (AvgIpc) is 2.88. The van der Waals surface area contributed by atoms with Gasteiger partial charge in [0.15, 0.2) is 0 Å². The van der Waals surface area contributed by atoms with Crippen LogP contribution in [0.2, 0.25) is 0 Å². The molecule has 0 saturated heterocycles. The summed E-state index contributed by atoms with van der Waals surface area (Å²) in [6, 6.07) is 29.7. The Balaban J connectivity index is 1.77. The number of likely N-dealkylation sites (N-methyl/N-ethyl adjacent to an activating group) is 1. The van der Waals surface area contributed by atoms with E-state index >= 15 is 0 Å². The summed E-state index contributed by atoms with van der Waals surface area (Å²) in [6.45, 7) is 8.31. The molecule has 1 N–H and O–H groups in total. The molecule has 0 unspecified atom stereocenters. The van der Waals surface area contributed by atoms with E-state index in [2.05, 4.69) is 96.8 Å². The number of nitrogens with zero attached hydrogens (tertiary/aromatic N) is 1. The van der Waals surface area contributed by atoms with Crippen molar-refractivity contribution in [2.24, 2.45) is 0 Å². The highest BCUT2D eigenvalue weighted by Gasteiger charge is 2.23. The van der Waals surface area contributed by atoms with Crippen molar-refractivity contribution in [1.82, 2.24) is 4.90 Å². The van der Waals surface area contributed by atoms with Crippen LogP contribution in [0.5, 0.6) is 5.75 Å². The van der Waals surface area contributed by atoms with Crippen molar-refractivity contribution in [3.8, 4) is 5.75 Å². The van der Waals surface area contributed by atoms with Gasteiger partial charge in [-0.2, -0.15) is 0 Å². The highest BCUT2D eigenvalue weighted by Crippen LogP contribution is 2.34. The first-order valence-corrected chi connectivity index (χ1v) is 12.5. The van der Waals surface area contributed by atoms with E-state index in [4.69, 9.17) is 4.74 Å². The second kappa shape index (κ2) is 12.5. The standard InChI is InChI=1S/C31H39NO2/c1-5-29(25-14-10-8-11-15-25)30(26-16-12-9-13-17-26)27-18-20-28(21-19-27)34-23-22-32(4)24-31(33,6-2)7-3/h8-21,33H,5-7,22-24H2,1-4H3. The lowest BCUT2D eigenvalue weighted by Gasteiger charge is -2.30. The van der Waals surface area contributed by atoms with E-state index in [1.54, 1.807) is 0 Å². The van der Waals surface area contributed by atoms with Crippen LogP contribution < -0.4 is 4.74 Å². The SMILES string of the molecule is CCC(=C(c1ccccc1)c1ccc(OCCN(C)CC(O)(CC)CC)cc1)c1ccccc1. The first kappa shape index (κ1) is 25.7. The highest BCUT2D eigenvalue weighted by atomic mass is 16.5. The van der Waals surface area contributed by atoms with E-state index < -0.39 is 5.60 Å². The molecule has 0 heterocycles. The predicted molar refractivity (Wildman–Crippen MR) is 144 cm³/mol. The predicted octanol–water partition coefficient (Wildman–Crippen LogP) is 6.92. The minimum absolute atomic E-state index is 0.588. The second-order valence-electron chi connectivity index (χ2n) is 8.98. The maximum atomic E-state index is 10.6. The fraction of sp³-hybridized carbons (Fsp3) is 0.355. The van der Waals surface area contributed by atoms with Crippen LogP contribution in [0.4, 0.5) is 0 Å². The van der Waals surface area contributed by atoms with Gasteiger partial charge in [0.2, 0.25) is 0 Å². The summed E-state index contributed by atoms with van der Waals surface area (Å²) in [5.74, 6) is 0.864. The van der Waals surface area contributed by atoms with E-state index in [0.29, 0.717) is 13.2 Å². The third-order valence-electron chi connectivity index (χ3n) is 6.61. The number of aliphatic hydroxyl groups is 1. The van der Waals surface area contributed by atoms with Crippen molar-refractivity contribution in [2.75, 3.05) is 26.7 Å². The van der Waals surface area contributed by atoms with Gasteiger partial charge >= 0.3 is 0 Å². The Hall–Kier alpha value is -2.88. The Morgan fingerprint density at radius 3 is 1.82 bits per heavy atom. The normalized spacial score (nSPS) is 12.5. The molecule has 3 heteroatoms. The lowest BCUT2D eigenvalue weighted by Crippen LogP contribution is -2.41. The molecule has 3 rings (SSSR count). The molecule has 0 amide bonds. The second-order valence-corrected chi connectivity index (χ2v) is 8.98. The van der Waals surface area contributed by atoms with Gasteiger partial charge in [0, 0.05) is 13.1 Å². The molecule has 0 aliphatic rings. The molecule has 0 fully saturated rings. The van der Waals surface area contributed by atoms with Gasteiger partial charge in [-0.1, -0.05) is 93.6 Å². The molecule has 0 saturated carbocycles. The Morgan fingerprint density at radius 2 is 1.29 bits per heavy atom. The van der Waals surface area contributed by atoms with Crippen molar-refractivity contribution in [1.29, 1.82) is 0 Å². The van der Waals surface area contributed by atoms with Crippen LogP contribution in [0.15, 0.2) is 84.9 Å². The molecule has 0 aromatic heterocycles. The molecule has 0 aliphatic heterocycles. The molecule has 3 aromatic rings. The smallest absolute Gasteiger partial charge is 0.119 e. The molecule has 0 spiro atoms. The first-order chi connectivity index (χ1) is 16.5. The molecule has 0 aliphatic carbocycles. The summed E-state index contributed by atoms with van der Waals surface area (Å²) in [7, 11) is 2.04. The van der Waals surface area contributed by atoms with E-state index in [1.165, 1.54) is 27.8 Å². The third kappa shape index (κ3) is 6.82.